The first-order valence-electron chi connectivity index (χ1n) is 7.41. The molecule has 0 bridgehead atoms. The summed E-state index contributed by atoms with van der Waals surface area (Å²) in [6.07, 6.45) is 4.83. The van der Waals surface area contributed by atoms with Crippen molar-refractivity contribution in [2.45, 2.75) is 59.3 Å². The van der Waals surface area contributed by atoms with Gasteiger partial charge in [-0.05, 0) is 42.4 Å². The third-order valence-electron chi connectivity index (χ3n) is 3.48. The first kappa shape index (κ1) is 15.1. The zero-order valence-corrected chi connectivity index (χ0v) is 12.4. The first-order valence-corrected chi connectivity index (χ1v) is 7.41. The van der Waals surface area contributed by atoms with Crippen LogP contribution in [0.15, 0.2) is 24.3 Å². The maximum Gasteiger partial charge on any atom is 0.119 e. The van der Waals surface area contributed by atoms with E-state index < -0.39 is 0 Å². The molecule has 1 rings (SSSR count). The highest BCUT2D eigenvalue weighted by atomic mass is 16.5. The Morgan fingerprint density at radius 2 is 1.67 bits per heavy atom. The Labute approximate surface area is 113 Å². The summed E-state index contributed by atoms with van der Waals surface area (Å²) in [6.45, 7) is 9.90. The smallest absolute Gasteiger partial charge is 0.119 e. The second-order valence-corrected chi connectivity index (χ2v) is 5.41. The Morgan fingerprint density at radius 1 is 1.00 bits per heavy atom. The lowest BCUT2D eigenvalue weighted by Crippen LogP contribution is -2.06. The van der Waals surface area contributed by atoms with Crippen molar-refractivity contribution >= 4 is 0 Å². The van der Waals surface area contributed by atoms with Gasteiger partial charge in [-0.15, -0.1) is 0 Å². The first-order chi connectivity index (χ1) is 8.69. The quantitative estimate of drug-likeness (QED) is 0.559. The molecule has 0 aliphatic heterocycles. The van der Waals surface area contributed by atoms with Crippen molar-refractivity contribution in [1.29, 1.82) is 0 Å². The van der Waals surface area contributed by atoms with E-state index in [1.165, 1.54) is 24.8 Å². The average molecular weight is 248 g/mol. The standard InChI is InChI=1S/C17H28O/c1-5-7-13-18-16-11-9-15(10-12-16)17(8-6-2)14(3)4/h9-12,14,17H,5-8,13H2,1-4H3. The molecule has 1 heteroatoms. The third kappa shape index (κ3) is 4.72. The molecule has 1 aromatic carbocycles. The number of benzene rings is 1. The molecule has 0 amide bonds. The maximum absolute atomic E-state index is 5.70. The van der Waals surface area contributed by atoms with Crippen molar-refractivity contribution in [2.24, 2.45) is 5.92 Å². The van der Waals surface area contributed by atoms with Crippen molar-refractivity contribution in [3.8, 4) is 5.75 Å². The molecule has 0 aliphatic carbocycles. The number of hydrogen-bond acceptors (Lipinski definition) is 1. The molecule has 1 aromatic rings. The molecular weight excluding hydrogens is 220 g/mol. The van der Waals surface area contributed by atoms with Gasteiger partial charge < -0.3 is 4.74 Å². The second-order valence-electron chi connectivity index (χ2n) is 5.41. The number of ether oxygens (including phenoxy) is 1. The highest BCUT2D eigenvalue weighted by Crippen LogP contribution is 2.30. The molecule has 1 nitrogen and oxygen atoms in total. The summed E-state index contributed by atoms with van der Waals surface area (Å²) in [5.74, 6) is 2.39. The van der Waals surface area contributed by atoms with E-state index in [1.807, 2.05) is 0 Å². The molecule has 0 aliphatic rings. The van der Waals surface area contributed by atoms with Gasteiger partial charge in [0.2, 0.25) is 0 Å². The Hall–Kier alpha value is -0.980. The summed E-state index contributed by atoms with van der Waals surface area (Å²) in [5.41, 5.74) is 1.45. The van der Waals surface area contributed by atoms with Crippen LogP contribution in [0.2, 0.25) is 0 Å². The van der Waals surface area contributed by atoms with Crippen LogP contribution in [-0.2, 0) is 0 Å². The van der Waals surface area contributed by atoms with E-state index in [-0.39, 0.29) is 0 Å². The van der Waals surface area contributed by atoms with Gasteiger partial charge >= 0.3 is 0 Å². The van der Waals surface area contributed by atoms with Crippen molar-refractivity contribution in [1.82, 2.24) is 0 Å². The molecule has 0 heterocycles. The molecule has 1 atom stereocenters. The number of rotatable bonds is 8. The van der Waals surface area contributed by atoms with Gasteiger partial charge in [-0.1, -0.05) is 52.7 Å². The Bertz CT molecular complexity index is 313. The fraction of sp³-hybridized carbons (Fsp3) is 0.647. The van der Waals surface area contributed by atoms with Crippen molar-refractivity contribution in [3.05, 3.63) is 29.8 Å². The summed E-state index contributed by atoms with van der Waals surface area (Å²) >= 11 is 0. The summed E-state index contributed by atoms with van der Waals surface area (Å²) in [6, 6.07) is 8.72. The molecule has 102 valence electrons. The van der Waals surface area contributed by atoms with Crippen LogP contribution in [0.3, 0.4) is 0 Å². The normalized spacial score (nSPS) is 12.7. The van der Waals surface area contributed by atoms with E-state index in [1.54, 1.807) is 0 Å². The summed E-state index contributed by atoms with van der Waals surface area (Å²) < 4.78 is 5.70. The predicted octanol–water partition coefficient (Wildman–Crippen LogP) is 5.41. The van der Waals surface area contributed by atoms with Crippen LogP contribution in [0.1, 0.15) is 64.9 Å². The molecular formula is C17H28O. The lowest BCUT2D eigenvalue weighted by molar-refractivity contribution is 0.309. The molecule has 18 heavy (non-hydrogen) atoms. The Kier molecular flexibility index (Phi) is 6.85. The Balaban J connectivity index is 2.62. The Morgan fingerprint density at radius 3 is 2.17 bits per heavy atom. The highest BCUT2D eigenvalue weighted by Gasteiger charge is 2.14. The zero-order valence-electron chi connectivity index (χ0n) is 12.4. The minimum atomic E-state index is 0.680. The van der Waals surface area contributed by atoms with Gasteiger partial charge in [0.15, 0.2) is 0 Å². The summed E-state index contributed by atoms with van der Waals surface area (Å²) in [5, 5.41) is 0. The lowest BCUT2D eigenvalue weighted by Gasteiger charge is -2.21. The van der Waals surface area contributed by atoms with E-state index in [9.17, 15) is 0 Å². The van der Waals surface area contributed by atoms with Crippen LogP contribution in [0.5, 0.6) is 5.75 Å². The van der Waals surface area contributed by atoms with Crippen LogP contribution < -0.4 is 4.74 Å². The van der Waals surface area contributed by atoms with E-state index in [4.69, 9.17) is 4.74 Å². The zero-order chi connectivity index (χ0) is 13.4. The van der Waals surface area contributed by atoms with Crippen LogP contribution in [0.4, 0.5) is 0 Å². The molecule has 0 aromatic heterocycles. The number of hydrogen-bond donors (Lipinski definition) is 0. The fourth-order valence-corrected chi connectivity index (χ4v) is 2.34. The lowest BCUT2D eigenvalue weighted by atomic mass is 9.85. The van der Waals surface area contributed by atoms with E-state index in [2.05, 4.69) is 52.0 Å². The van der Waals surface area contributed by atoms with Crippen LogP contribution >= 0.6 is 0 Å². The highest BCUT2D eigenvalue weighted by molar-refractivity contribution is 5.29. The van der Waals surface area contributed by atoms with E-state index in [0.717, 1.165) is 18.8 Å². The number of unbranched alkanes of at least 4 members (excludes halogenated alkanes) is 1. The molecule has 0 saturated carbocycles. The van der Waals surface area contributed by atoms with Gasteiger partial charge in [0.1, 0.15) is 5.75 Å². The third-order valence-corrected chi connectivity index (χ3v) is 3.48. The maximum atomic E-state index is 5.70. The van der Waals surface area contributed by atoms with Crippen molar-refractivity contribution < 1.29 is 4.74 Å². The van der Waals surface area contributed by atoms with Gasteiger partial charge in [0.05, 0.1) is 6.61 Å². The predicted molar refractivity (Wildman–Crippen MR) is 79.3 cm³/mol. The summed E-state index contributed by atoms with van der Waals surface area (Å²) in [4.78, 5) is 0. The van der Waals surface area contributed by atoms with Gasteiger partial charge in [0, 0.05) is 0 Å². The molecule has 0 N–H and O–H groups in total. The second kappa shape index (κ2) is 8.18. The summed E-state index contributed by atoms with van der Waals surface area (Å²) in [7, 11) is 0. The van der Waals surface area contributed by atoms with E-state index in [0.29, 0.717) is 11.8 Å². The average Bonchev–Trinajstić information content (AvgIpc) is 2.37. The minimum absolute atomic E-state index is 0.680. The molecule has 0 spiro atoms. The van der Waals surface area contributed by atoms with Gasteiger partial charge in [-0.2, -0.15) is 0 Å². The molecule has 0 radical (unpaired) electrons. The monoisotopic (exact) mass is 248 g/mol. The van der Waals surface area contributed by atoms with Gasteiger partial charge in [-0.3, -0.25) is 0 Å². The molecule has 0 saturated heterocycles. The largest absolute Gasteiger partial charge is 0.494 e. The van der Waals surface area contributed by atoms with Crippen molar-refractivity contribution in [2.75, 3.05) is 6.61 Å². The topological polar surface area (TPSA) is 9.23 Å². The molecule has 1 unspecified atom stereocenters. The minimum Gasteiger partial charge on any atom is -0.494 e. The van der Waals surface area contributed by atoms with Crippen LogP contribution in [-0.4, -0.2) is 6.61 Å². The molecule has 0 fully saturated rings. The van der Waals surface area contributed by atoms with Crippen LogP contribution in [0, 0.1) is 5.92 Å². The van der Waals surface area contributed by atoms with Gasteiger partial charge in [-0.25, -0.2) is 0 Å². The SMILES string of the molecule is CCCCOc1ccc(C(CCC)C(C)C)cc1. The van der Waals surface area contributed by atoms with Crippen LogP contribution in [0.25, 0.3) is 0 Å². The fourth-order valence-electron chi connectivity index (χ4n) is 2.34. The van der Waals surface area contributed by atoms with Gasteiger partial charge in [0.25, 0.3) is 0 Å². The van der Waals surface area contributed by atoms with Crippen molar-refractivity contribution in [3.63, 3.8) is 0 Å². The van der Waals surface area contributed by atoms with E-state index >= 15 is 0 Å².